The van der Waals surface area contributed by atoms with E-state index in [0.717, 1.165) is 23.7 Å². The zero-order valence-electron chi connectivity index (χ0n) is 11.9. The third kappa shape index (κ3) is 5.08. The molecular weight excluding hydrogens is 273 g/mol. The van der Waals surface area contributed by atoms with Crippen molar-refractivity contribution in [3.05, 3.63) is 30.1 Å². The van der Waals surface area contributed by atoms with Crippen LogP contribution in [0.1, 0.15) is 32.1 Å². The molecule has 2 rings (SSSR count). The second-order valence-electron chi connectivity index (χ2n) is 5.35. The first-order chi connectivity index (χ1) is 9.79. The van der Waals surface area contributed by atoms with Crippen LogP contribution in [-0.4, -0.2) is 41.5 Å². The number of halogens is 1. The van der Waals surface area contributed by atoms with Gasteiger partial charge in [0, 0.05) is 29.8 Å². The van der Waals surface area contributed by atoms with Crippen LogP contribution >= 0.6 is 11.8 Å². The molecule has 20 heavy (non-hydrogen) atoms. The molecule has 1 aromatic rings. The average molecular weight is 297 g/mol. The molecular formula is C16H24FNOS. The first-order valence-corrected chi connectivity index (χ1v) is 8.51. The Balaban J connectivity index is 1.77. The summed E-state index contributed by atoms with van der Waals surface area (Å²) in [5.74, 6) is 0.806. The quantitative estimate of drug-likeness (QED) is 0.779. The highest BCUT2D eigenvalue weighted by molar-refractivity contribution is 7.99. The van der Waals surface area contributed by atoms with Crippen LogP contribution in [0.3, 0.4) is 0 Å². The number of thioether (sulfide) groups is 1. The molecule has 0 saturated heterocycles. The Morgan fingerprint density at radius 1 is 1.10 bits per heavy atom. The summed E-state index contributed by atoms with van der Waals surface area (Å²) in [6.45, 7) is 2.00. The first kappa shape index (κ1) is 15.8. The van der Waals surface area contributed by atoms with Crippen LogP contribution < -0.4 is 0 Å². The van der Waals surface area contributed by atoms with Crippen LogP contribution in [0.15, 0.2) is 29.2 Å². The molecule has 1 N–H and O–H groups in total. The Morgan fingerprint density at radius 3 is 2.45 bits per heavy atom. The zero-order valence-corrected chi connectivity index (χ0v) is 12.7. The van der Waals surface area contributed by atoms with E-state index in [4.69, 9.17) is 0 Å². The SMILES string of the molecule is OCCN(CCSc1ccc(F)cc1)C1CCCCC1. The normalized spacial score (nSPS) is 16.8. The lowest BCUT2D eigenvalue weighted by Crippen LogP contribution is -2.40. The third-order valence-corrected chi connectivity index (χ3v) is 4.93. The zero-order chi connectivity index (χ0) is 14.2. The maximum atomic E-state index is 12.8. The lowest BCUT2D eigenvalue weighted by Gasteiger charge is -2.33. The highest BCUT2D eigenvalue weighted by Crippen LogP contribution is 2.24. The van der Waals surface area contributed by atoms with Crippen molar-refractivity contribution in [1.82, 2.24) is 4.90 Å². The van der Waals surface area contributed by atoms with Gasteiger partial charge in [0.15, 0.2) is 0 Å². The maximum absolute atomic E-state index is 12.8. The number of aliphatic hydroxyl groups excluding tert-OH is 1. The summed E-state index contributed by atoms with van der Waals surface area (Å²) in [6.07, 6.45) is 6.52. The molecule has 0 heterocycles. The third-order valence-electron chi connectivity index (χ3n) is 3.94. The highest BCUT2D eigenvalue weighted by Gasteiger charge is 2.20. The number of hydrogen-bond acceptors (Lipinski definition) is 3. The van der Waals surface area contributed by atoms with Gasteiger partial charge in [0.05, 0.1) is 6.61 Å². The van der Waals surface area contributed by atoms with Gasteiger partial charge >= 0.3 is 0 Å². The van der Waals surface area contributed by atoms with Gasteiger partial charge in [0.2, 0.25) is 0 Å². The molecule has 0 amide bonds. The summed E-state index contributed by atoms with van der Waals surface area (Å²) in [5, 5.41) is 9.22. The van der Waals surface area contributed by atoms with E-state index in [1.807, 2.05) is 12.1 Å². The topological polar surface area (TPSA) is 23.5 Å². The molecule has 1 saturated carbocycles. The molecule has 4 heteroatoms. The van der Waals surface area contributed by atoms with E-state index < -0.39 is 0 Å². The van der Waals surface area contributed by atoms with E-state index in [0.29, 0.717) is 6.04 Å². The van der Waals surface area contributed by atoms with Gasteiger partial charge in [0.1, 0.15) is 5.82 Å². The predicted molar refractivity (Wildman–Crippen MR) is 82.7 cm³/mol. The molecule has 0 spiro atoms. The van der Waals surface area contributed by atoms with Gasteiger partial charge in [-0.2, -0.15) is 0 Å². The Kier molecular flexibility index (Phi) is 6.83. The Hall–Kier alpha value is -0.580. The minimum Gasteiger partial charge on any atom is -0.395 e. The molecule has 112 valence electrons. The van der Waals surface area contributed by atoms with E-state index in [-0.39, 0.29) is 12.4 Å². The van der Waals surface area contributed by atoms with Crippen molar-refractivity contribution in [2.75, 3.05) is 25.4 Å². The fourth-order valence-electron chi connectivity index (χ4n) is 2.86. The molecule has 0 unspecified atom stereocenters. The minimum atomic E-state index is -0.182. The van der Waals surface area contributed by atoms with Crippen LogP contribution in [0.2, 0.25) is 0 Å². The number of aliphatic hydroxyl groups is 1. The lowest BCUT2D eigenvalue weighted by atomic mass is 9.94. The number of benzene rings is 1. The standard InChI is InChI=1S/C16H24FNOS/c17-14-6-8-16(9-7-14)20-13-11-18(10-12-19)15-4-2-1-3-5-15/h6-9,15,19H,1-5,10-13H2. The van der Waals surface area contributed by atoms with Gasteiger partial charge in [-0.05, 0) is 37.1 Å². The van der Waals surface area contributed by atoms with Crippen LogP contribution in [0.4, 0.5) is 4.39 Å². The fraction of sp³-hybridized carbons (Fsp3) is 0.625. The lowest BCUT2D eigenvalue weighted by molar-refractivity contribution is 0.131. The molecule has 0 bridgehead atoms. The smallest absolute Gasteiger partial charge is 0.123 e. The molecule has 0 aromatic heterocycles. The fourth-order valence-corrected chi connectivity index (χ4v) is 3.75. The van der Waals surface area contributed by atoms with E-state index in [2.05, 4.69) is 4.90 Å². The van der Waals surface area contributed by atoms with Gasteiger partial charge in [-0.3, -0.25) is 4.90 Å². The van der Waals surface area contributed by atoms with E-state index in [9.17, 15) is 9.50 Å². The van der Waals surface area contributed by atoms with Gasteiger partial charge in [0.25, 0.3) is 0 Å². The number of nitrogens with zero attached hydrogens (tertiary/aromatic N) is 1. The average Bonchev–Trinajstić information content (AvgIpc) is 2.49. The number of rotatable bonds is 7. The molecule has 1 aliphatic carbocycles. The molecule has 0 radical (unpaired) electrons. The van der Waals surface area contributed by atoms with Crippen molar-refractivity contribution in [1.29, 1.82) is 0 Å². The molecule has 1 aromatic carbocycles. The summed E-state index contributed by atoms with van der Waals surface area (Å²) in [7, 11) is 0. The highest BCUT2D eigenvalue weighted by atomic mass is 32.2. The summed E-state index contributed by atoms with van der Waals surface area (Å²) < 4.78 is 12.8. The molecule has 2 nitrogen and oxygen atoms in total. The molecule has 1 aliphatic rings. The summed E-state index contributed by atoms with van der Waals surface area (Å²) >= 11 is 1.76. The predicted octanol–water partition coefficient (Wildman–Crippen LogP) is 3.54. The van der Waals surface area contributed by atoms with Gasteiger partial charge in [-0.25, -0.2) is 4.39 Å². The van der Waals surface area contributed by atoms with Crippen molar-refractivity contribution >= 4 is 11.8 Å². The number of hydrogen-bond donors (Lipinski definition) is 1. The second-order valence-corrected chi connectivity index (χ2v) is 6.52. The van der Waals surface area contributed by atoms with E-state index in [1.165, 1.54) is 44.2 Å². The maximum Gasteiger partial charge on any atom is 0.123 e. The van der Waals surface area contributed by atoms with Gasteiger partial charge in [-0.1, -0.05) is 19.3 Å². The van der Waals surface area contributed by atoms with Crippen LogP contribution in [-0.2, 0) is 0 Å². The molecule has 0 aliphatic heterocycles. The monoisotopic (exact) mass is 297 g/mol. The summed E-state index contributed by atoms with van der Waals surface area (Å²) in [6, 6.07) is 7.32. The first-order valence-electron chi connectivity index (χ1n) is 7.53. The van der Waals surface area contributed by atoms with Crippen molar-refractivity contribution in [3.63, 3.8) is 0 Å². The van der Waals surface area contributed by atoms with Crippen molar-refractivity contribution < 1.29 is 9.50 Å². The van der Waals surface area contributed by atoms with Crippen LogP contribution in [0.25, 0.3) is 0 Å². The van der Waals surface area contributed by atoms with Crippen molar-refractivity contribution in [3.8, 4) is 0 Å². The van der Waals surface area contributed by atoms with E-state index >= 15 is 0 Å². The van der Waals surface area contributed by atoms with Gasteiger partial charge in [-0.15, -0.1) is 11.8 Å². The minimum absolute atomic E-state index is 0.182. The van der Waals surface area contributed by atoms with E-state index in [1.54, 1.807) is 11.8 Å². The molecule has 0 atom stereocenters. The summed E-state index contributed by atoms with van der Waals surface area (Å²) in [5.41, 5.74) is 0. The Labute approximate surface area is 125 Å². The van der Waals surface area contributed by atoms with Crippen molar-refractivity contribution in [2.45, 2.75) is 43.0 Å². The molecule has 1 fully saturated rings. The Morgan fingerprint density at radius 2 is 1.80 bits per heavy atom. The second kappa shape index (κ2) is 8.65. The Bertz CT molecular complexity index is 379. The van der Waals surface area contributed by atoms with Crippen molar-refractivity contribution in [2.24, 2.45) is 0 Å². The van der Waals surface area contributed by atoms with Crippen LogP contribution in [0.5, 0.6) is 0 Å². The largest absolute Gasteiger partial charge is 0.395 e. The van der Waals surface area contributed by atoms with Crippen LogP contribution in [0, 0.1) is 5.82 Å². The van der Waals surface area contributed by atoms with Gasteiger partial charge < -0.3 is 5.11 Å². The summed E-state index contributed by atoms with van der Waals surface area (Å²) in [4.78, 5) is 3.54.